The maximum atomic E-state index is 9.91. The number of phenolic OH excluding ortho intramolecular Hbond substituents is 4. The van der Waals surface area contributed by atoms with Crippen LogP contribution < -0.4 is 0 Å². The molecular weight excluding hydrogens is 244 g/mol. The Kier molecular flexibility index (Phi) is 3.51. The second-order valence-electron chi connectivity index (χ2n) is 4.45. The predicted molar refractivity (Wildman–Crippen MR) is 71.7 cm³/mol. The molecule has 0 aliphatic carbocycles. The van der Waals surface area contributed by atoms with Gasteiger partial charge in [0.05, 0.1) is 0 Å². The van der Waals surface area contributed by atoms with Crippen LogP contribution in [0.1, 0.15) is 30.4 Å². The van der Waals surface area contributed by atoms with E-state index in [1.165, 1.54) is 24.3 Å². The summed E-state index contributed by atoms with van der Waals surface area (Å²) < 4.78 is 0. The zero-order valence-corrected chi connectivity index (χ0v) is 10.5. The highest BCUT2D eigenvalue weighted by Gasteiger charge is 2.19. The molecule has 2 aromatic carbocycles. The molecule has 0 heterocycles. The summed E-state index contributed by atoms with van der Waals surface area (Å²) in [5.41, 5.74) is 1.25. The summed E-state index contributed by atoms with van der Waals surface area (Å²) in [7, 11) is 0. The molecule has 100 valence electrons. The first-order chi connectivity index (χ1) is 9.02. The van der Waals surface area contributed by atoms with Crippen LogP contribution in [-0.2, 0) is 0 Å². The molecule has 0 fully saturated rings. The summed E-state index contributed by atoms with van der Waals surface area (Å²) in [4.78, 5) is 0. The lowest BCUT2D eigenvalue weighted by atomic mass is 9.88. The number of hydrogen-bond acceptors (Lipinski definition) is 4. The van der Waals surface area contributed by atoms with Crippen LogP contribution in [0, 0.1) is 0 Å². The standard InChI is InChI=1S/C15H16O4/c1-2-11(12-5-3-9(16)7-14(12)18)13-6-4-10(17)8-15(13)19/h3-8,11,16-19H,2H2,1H3. The second-order valence-corrected chi connectivity index (χ2v) is 4.45. The van der Waals surface area contributed by atoms with Gasteiger partial charge in [-0.05, 0) is 18.6 Å². The summed E-state index contributed by atoms with van der Waals surface area (Å²) in [6, 6.07) is 8.80. The third-order valence-electron chi connectivity index (χ3n) is 3.19. The third kappa shape index (κ3) is 2.57. The molecule has 0 amide bonds. The first-order valence-corrected chi connectivity index (χ1v) is 6.06. The van der Waals surface area contributed by atoms with E-state index < -0.39 is 0 Å². The molecule has 0 atom stereocenters. The van der Waals surface area contributed by atoms with Crippen LogP contribution in [0.5, 0.6) is 23.0 Å². The van der Waals surface area contributed by atoms with Gasteiger partial charge in [-0.2, -0.15) is 0 Å². The van der Waals surface area contributed by atoms with E-state index in [4.69, 9.17) is 0 Å². The first-order valence-electron chi connectivity index (χ1n) is 6.06. The summed E-state index contributed by atoms with van der Waals surface area (Å²) in [5, 5.41) is 38.4. The Balaban J connectivity index is 2.50. The molecule has 0 aromatic heterocycles. The molecular formula is C15H16O4. The summed E-state index contributed by atoms with van der Waals surface area (Å²) >= 11 is 0. The van der Waals surface area contributed by atoms with Gasteiger partial charge >= 0.3 is 0 Å². The number of hydrogen-bond donors (Lipinski definition) is 4. The van der Waals surface area contributed by atoms with E-state index in [9.17, 15) is 20.4 Å². The lowest BCUT2D eigenvalue weighted by Crippen LogP contribution is -2.00. The summed E-state index contributed by atoms with van der Waals surface area (Å²) in [6.07, 6.45) is 0.663. The third-order valence-corrected chi connectivity index (χ3v) is 3.19. The average molecular weight is 260 g/mol. The molecule has 0 bridgehead atoms. The van der Waals surface area contributed by atoms with Crippen molar-refractivity contribution in [3.63, 3.8) is 0 Å². The zero-order valence-electron chi connectivity index (χ0n) is 10.5. The van der Waals surface area contributed by atoms with Gasteiger partial charge in [0.25, 0.3) is 0 Å². The van der Waals surface area contributed by atoms with E-state index in [0.29, 0.717) is 17.5 Å². The number of phenols is 4. The highest BCUT2D eigenvalue weighted by Crippen LogP contribution is 2.39. The molecule has 0 spiro atoms. The Morgan fingerprint density at radius 2 is 1.21 bits per heavy atom. The van der Waals surface area contributed by atoms with Crippen molar-refractivity contribution < 1.29 is 20.4 Å². The van der Waals surface area contributed by atoms with E-state index in [2.05, 4.69) is 0 Å². The topological polar surface area (TPSA) is 80.9 Å². The Bertz CT molecular complexity index is 541. The minimum Gasteiger partial charge on any atom is -0.508 e. The van der Waals surface area contributed by atoms with Crippen LogP contribution in [0.3, 0.4) is 0 Å². The van der Waals surface area contributed by atoms with Crippen molar-refractivity contribution >= 4 is 0 Å². The van der Waals surface area contributed by atoms with E-state index in [1.54, 1.807) is 12.1 Å². The lowest BCUT2D eigenvalue weighted by Gasteiger charge is -2.18. The molecule has 0 unspecified atom stereocenters. The van der Waals surface area contributed by atoms with Crippen molar-refractivity contribution in [3.05, 3.63) is 47.5 Å². The van der Waals surface area contributed by atoms with Crippen LogP contribution in [-0.4, -0.2) is 20.4 Å². The fourth-order valence-electron chi connectivity index (χ4n) is 2.26. The number of rotatable bonds is 3. The number of benzene rings is 2. The van der Waals surface area contributed by atoms with Crippen molar-refractivity contribution in [3.8, 4) is 23.0 Å². The Labute approximate surface area is 111 Å². The van der Waals surface area contributed by atoms with E-state index in [-0.39, 0.29) is 28.9 Å². The molecule has 0 saturated carbocycles. The minimum absolute atomic E-state index is 0.00830. The van der Waals surface area contributed by atoms with Gasteiger partial charge in [0.2, 0.25) is 0 Å². The summed E-state index contributed by atoms with van der Waals surface area (Å²) in [6.45, 7) is 1.93. The van der Waals surface area contributed by atoms with Gasteiger partial charge in [-0.3, -0.25) is 0 Å². The van der Waals surface area contributed by atoms with Crippen LogP contribution in [0.2, 0.25) is 0 Å². The van der Waals surface area contributed by atoms with Crippen LogP contribution in [0.4, 0.5) is 0 Å². The predicted octanol–water partition coefficient (Wildman–Crippen LogP) is 3.05. The molecule has 4 heteroatoms. The van der Waals surface area contributed by atoms with Crippen molar-refractivity contribution in [2.75, 3.05) is 0 Å². The zero-order chi connectivity index (χ0) is 14.0. The van der Waals surface area contributed by atoms with E-state index in [0.717, 1.165) is 0 Å². The van der Waals surface area contributed by atoms with Gasteiger partial charge in [-0.15, -0.1) is 0 Å². The molecule has 0 aliphatic heterocycles. The lowest BCUT2D eigenvalue weighted by molar-refractivity contribution is 0.435. The molecule has 0 aliphatic rings. The quantitative estimate of drug-likeness (QED) is 0.683. The maximum absolute atomic E-state index is 9.91. The van der Waals surface area contributed by atoms with Crippen molar-refractivity contribution in [2.45, 2.75) is 19.3 Å². The Morgan fingerprint density at radius 3 is 1.53 bits per heavy atom. The Hall–Kier alpha value is -2.36. The van der Waals surface area contributed by atoms with Gasteiger partial charge < -0.3 is 20.4 Å². The highest BCUT2D eigenvalue weighted by molar-refractivity contribution is 5.49. The molecule has 4 N–H and O–H groups in total. The Morgan fingerprint density at radius 1 is 0.789 bits per heavy atom. The number of aromatic hydroxyl groups is 4. The normalized spacial score (nSPS) is 10.8. The molecule has 2 aromatic rings. The monoisotopic (exact) mass is 260 g/mol. The molecule has 0 saturated heterocycles. The van der Waals surface area contributed by atoms with Gasteiger partial charge in [0, 0.05) is 29.2 Å². The molecule has 2 rings (SSSR count). The average Bonchev–Trinajstić information content (AvgIpc) is 2.34. The molecule has 4 nitrogen and oxygen atoms in total. The van der Waals surface area contributed by atoms with E-state index in [1.807, 2.05) is 6.92 Å². The van der Waals surface area contributed by atoms with Crippen LogP contribution in [0.15, 0.2) is 36.4 Å². The molecule has 19 heavy (non-hydrogen) atoms. The summed E-state index contributed by atoms with van der Waals surface area (Å²) in [5.74, 6) is -0.253. The molecule has 0 radical (unpaired) electrons. The van der Waals surface area contributed by atoms with Crippen LogP contribution in [0.25, 0.3) is 0 Å². The van der Waals surface area contributed by atoms with Crippen molar-refractivity contribution in [1.29, 1.82) is 0 Å². The van der Waals surface area contributed by atoms with Crippen molar-refractivity contribution in [2.24, 2.45) is 0 Å². The largest absolute Gasteiger partial charge is 0.508 e. The van der Waals surface area contributed by atoms with Gasteiger partial charge in [-0.1, -0.05) is 19.1 Å². The van der Waals surface area contributed by atoms with Gasteiger partial charge in [0.1, 0.15) is 23.0 Å². The van der Waals surface area contributed by atoms with Gasteiger partial charge in [0.15, 0.2) is 0 Å². The fraction of sp³-hybridized carbons (Fsp3) is 0.200. The smallest absolute Gasteiger partial charge is 0.123 e. The van der Waals surface area contributed by atoms with Crippen LogP contribution >= 0.6 is 0 Å². The van der Waals surface area contributed by atoms with Gasteiger partial charge in [-0.25, -0.2) is 0 Å². The highest BCUT2D eigenvalue weighted by atomic mass is 16.3. The maximum Gasteiger partial charge on any atom is 0.123 e. The SMILES string of the molecule is CCC(c1ccc(O)cc1O)c1ccc(O)cc1O. The van der Waals surface area contributed by atoms with E-state index >= 15 is 0 Å². The fourth-order valence-corrected chi connectivity index (χ4v) is 2.26. The first kappa shape index (κ1) is 13.1. The second kappa shape index (κ2) is 5.10. The minimum atomic E-state index is -0.207. The van der Waals surface area contributed by atoms with Crippen molar-refractivity contribution in [1.82, 2.24) is 0 Å².